The third-order valence-electron chi connectivity index (χ3n) is 2.68. The molecule has 0 saturated heterocycles. The minimum Gasteiger partial charge on any atom is -0.272 e. The average Bonchev–Trinajstić information content (AvgIpc) is 2.47. The monoisotopic (exact) mass is 272 g/mol. The van der Waals surface area contributed by atoms with Crippen molar-refractivity contribution in [2.45, 2.75) is 45.4 Å². The van der Waals surface area contributed by atoms with E-state index in [-0.39, 0.29) is 10.8 Å². The van der Waals surface area contributed by atoms with E-state index in [2.05, 4.69) is 61.7 Å². The van der Waals surface area contributed by atoms with Crippen molar-refractivity contribution in [2.75, 3.05) is 5.33 Å². The van der Waals surface area contributed by atoms with Crippen LogP contribution in [0.4, 0.5) is 0 Å². The van der Waals surface area contributed by atoms with Gasteiger partial charge in [0.2, 0.25) is 0 Å². The largest absolute Gasteiger partial charge is 0.272 e. The van der Waals surface area contributed by atoms with Gasteiger partial charge in [-0.05, 0) is 6.07 Å². The lowest BCUT2D eigenvalue weighted by Crippen LogP contribution is -2.22. The zero-order chi connectivity index (χ0) is 11.9. The van der Waals surface area contributed by atoms with Gasteiger partial charge in [0, 0.05) is 28.9 Å². The molecule has 2 nitrogen and oxygen atoms in total. The maximum absolute atomic E-state index is 4.59. The number of hydrogen-bond acceptors (Lipinski definition) is 1. The summed E-state index contributed by atoms with van der Waals surface area (Å²) < 4.78 is 2.00. The molecule has 0 unspecified atom stereocenters. The first-order valence-electron chi connectivity index (χ1n) is 5.29. The molecule has 0 amide bonds. The van der Waals surface area contributed by atoms with Gasteiger partial charge in [0.05, 0.1) is 5.69 Å². The molecule has 0 saturated carbocycles. The Morgan fingerprint density at radius 2 is 1.80 bits per heavy atom. The zero-order valence-corrected chi connectivity index (χ0v) is 12.1. The summed E-state index contributed by atoms with van der Waals surface area (Å²) >= 11 is 3.56. The molecule has 0 aliphatic heterocycles. The van der Waals surface area contributed by atoms with Crippen LogP contribution in [0.3, 0.4) is 0 Å². The minimum atomic E-state index is 0.123. The molecule has 0 aromatic carbocycles. The Labute approximate surface area is 101 Å². The van der Waals surface area contributed by atoms with Crippen molar-refractivity contribution in [2.24, 2.45) is 7.05 Å². The summed E-state index contributed by atoms with van der Waals surface area (Å²) in [5.41, 5.74) is 2.70. The summed E-state index contributed by atoms with van der Waals surface area (Å²) in [6, 6.07) is 2.22. The molecule has 0 N–H and O–H groups in total. The van der Waals surface area contributed by atoms with E-state index in [4.69, 9.17) is 0 Å². The van der Waals surface area contributed by atoms with Crippen LogP contribution in [0, 0.1) is 0 Å². The fraction of sp³-hybridized carbons (Fsp3) is 0.750. The Hall–Kier alpha value is -0.310. The van der Waals surface area contributed by atoms with Crippen LogP contribution in [0.1, 0.15) is 46.0 Å². The van der Waals surface area contributed by atoms with Gasteiger partial charge in [-0.2, -0.15) is 5.10 Å². The molecule has 1 rings (SSSR count). The Bertz CT molecular complexity index is 345. The lowest BCUT2D eigenvalue weighted by Gasteiger charge is -2.21. The zero-order valence-electron chi connectivity index (χ0n) is 10.6. The van der Waals surface area contributed by atoms with Crippen LogP contribution < -0.4 is 0 Å². The molecule has 86 valence electrons. The molecule has 1 aromatic heterocycles. The van der Waals surface area contributed by atoms with E-state index in [1.54, 1.807) is 0 Å². The molecule has 0 radical (unpaired) electrons. The molecule has 0 spiro atoms. The van der Waals surface area contributed by atoms with Gasteiger partial charge in [-0.3, -0.25) is 4.68 Å². The second kappa shape index (κ2) is 3.93. The summed E-state index contributed by atoms with van der Waals surface area (Å²) in [6.45, 7) is 11.0. The van der Waals surface area contributed by atoms with Crippen LogP contribution in [0.25, 0.3) is 0 Å². The molecule has 0 fully saturated rings. The SMILES string of the molecule is Cn1nc(C(C)(C)C)cc1C(C)(C)CBr. The molecule has 0 aliphatic rings. The van der Waals surface area contributed by atoms with Gasteiger partial charge in [-0.1, -0.05) is 50.5 Å². The van der Waals surface area contributed by atoms with E-state index in [9.17, 15) is 0 Å². The molecule has 0 atom stereocenters. The average molecular weight is 273 g/mol. The fourth-order valence-electron chi connectivity index (χ4n) is 1.54. The van der Waals surface area contributed by atoms with E-state index in [1.807, 2.05) is 11.7 Å². The first-order valence-corrected chi connectivity index (χ1v) is 6.41. The van der Waals surface area contributed by atoms with Crippen molar-refractivity contribution >= 4 is 15.9 Å². The molecule has 0 bridgehead atoms. The molecule has 3 heteroatoms. The number of alkyl halides is 1. The van der Waals surface area contributed by atoms with Crippen LogP contribution in [0.5, 0.6) is 0 Å². The summed E-state index contributed by atoms with van der Waals surface area (Å²) in [5, 5.41) is 5.54. The van der Waals surface area contributed by atoms with Gasteiger partial charge in [-0.25, -0.2) is 0 Å². The van der Waals surface area contributed by atoms with Gasteiger partial charge in [0.15, 0.2) is 0 Å². The highest BCUT2D eigenvalue weighted by atomic mass is 79.9. The number of halogens is 1. The second-order valence-corrected chi connectivity index (χ2v) is 6.37. The standard InChI is InChI=1S/C12H21BrN2/c1-11(2,3)9-7-10(15(6)14-9)12(4,5)8-13/h7H,8H2,1-6H3. The molecular formula is C12H21BrN2. The highest BCUT2D eigenvalue weighted by Crippen LogP contribution is 2.29. The minimum absolute atomic E-state index is 0.123. The third kappa shape index (κ3) is 2.63. The fourth-order valence-corrected chi connectivity index (χ4v) is 1.82. The van der Waals surface area contributed by atoms with Crippen LogP contribution in [0.2, 0.25) is 0 Å². The highest BCUT2D eigenvalue weighted by Gasteiger charge is 2.26. The molecule has 0 aliphatic carbocycles. The Kier molecular flexibility index (Phi) is 3.34. The topological polar surface area (TPSA) is 17.8 Å². The predicted molar refractivity (Wildman–Crippen MR) is 68.7 cm³/mol. The van der Waals surface area contributed by atoms with E-state index in [1.165, 1.54) is 5.69 Å². The van der Waals surface area contributed by atoms with Crippen LogP contribution in [0.15, 0.2) is 6.07 Å². The van der Waals surface area contributed by atoms with Crippen molar-refractivity contribution in [3.05, 3.63) is 17.5 Å². The summed E-state index contributed by atoms with van der Waals surface area (Å²) in [5.74, 6) is 0. The van der Waals surface area contributed by atoms with E-state index < -0.39 is 0 Å². The lowest BCUT2D eigenvalue weighted by molar-refractivity contribution is 0.522. The summed E-state index contributed by atoms with van der Waals surface area (Å²) in [6.07, 6.45) is 0. The molecule has 1 aromatic rings. The predicted octanol–water partition coefficient (Wildman–Crippen LogP) is 3.39. The summed E-state index contributed by atoms with van der Waals surface area (Å²) in [4.78, 5) is 0. The van der Waals surface area contributed by atoms with Crippen LogP contribution >= 0.6 is 15.9 Å². The first kappa shape index (κ1) is 12.8. The highest BCUT2D eigenvalue weighted by molar-refractivity contribution is 9.09. The van der Waals surface area contributed by atoms with E-state index >= 15 is 0 Å². The van der Waals surface area contributed by atoms with Gasteiger partial charge >= 0.3 is 0 Å². The van der Waals surface area contributed by atoms with Crippen molar-refractivity contribution in [1.29, 1.82) is 0 Å². The van der Waals surface area contributed by atoms with E-state index in [0.717, 1.165) is 11.0 Å². The van der Waals surface area contributed by atoms with Crippen molar-refractivity contribution in [1.82, 2.24) is 9.78 Å². The van der Waals surface area contributed by atoms with Gasteiger partial charge < -0.3 is 0 Å². The normalized spacial score (nSPS) is 13.3. The summed E-state index contributed by atoms with van der Waals surface area (Å²) in [7, 11) is 2.02. The number of aromatic nitrogens is 2. The first-order chi connectivity index (χ1) is 6.68. The van der Waals surface area contributed by atoms with Crippen molar-refractivity contribution in [3.8, 4) is 0 Å². The smallest absolute Gasteiger partial charge is 0.0680 e. The lowest BCUT2D eigenvalue weighted by atomic mass is 9.88. The number of hydrogen-bond donors (Lipinski definition) is 0. The third-order valence-corrected chi connectivity index (χ3v) is 4.08. The van der Waals surface area contributed by atoms with Crippen LogP contribution in [-0.4, -0.2) is 15.1 Å². The Morgan fingerprint density at radius 3 is 2.13 bits per heavy atom. The maximum Gasteiger partial charge on any atom is 0.0680 e. The van der Waals surface area contributed by atoms with Gasteiger partial charge in [0.25, 0.3) is 0 Å². The molecule has 1 heterocycles. The van der Waals surface area contributed by atoms with Gasteiger partial charge in [0.1, 0.15) is 0 Å². The van der Waals surface area contributed by atoms with Crippen LogP contribution in [-0.2, 0) is 17.9 Å². The number of aryl methyl sites for hydroxylation is 1. The quantitative estimate of drug-likeness (QED) is 0.755. The maximum atomic E-state index is 4.59. The number of rotatable bonds is 2. The van der Waals surface area contributed by atoms with Crippen molar-refractivity contribution in [3.63, 3.8) is 0 Å². The van der Waals surface area contributed by atoms with Gasteiger partial charge in [-0.15, -0.1) is 0 Å². The Morgan fingerprint density at radius 1 is 1.27 bits per heavy atom. The molecule has 15 heavy (non-hydrogen) atoms. The Balaban J connectivity index is 3.18. The van der Waals surface area contributed by atoms with E-state index in [0.29, 0.717) is 0 Å². The van der Waals surface area contributed by atoms with Crippen molar-refractivity contribution < 1.29 is 0 Å². The number of nitrogens with zero attached hydrogens (tertiary/aromatic N) is 2. The second-order valence-electron chi connectivity index (χ2n) is 5.81. The molecular weight excluding hydrogens is 252 g/mol.